The van der Waals surface area contributed by atoms with Gasteiger partial charge in [0.2, 0.25) is 0 Å². The average Bonchev–Trinajstić information content (AvgIpc) is 3.00. The Kier molecular flexibility index (Phi) is 6.16. The minimum Gasteiger partial charge on any atom is -0.454 e. The minimum absolute atomic E-state index is 0.0761. The molecule has 2 aromatic carbocycles. The average molecular weight is 394 g/mol. The van der Waals surface area contributed by atoms with Gasteiger partial charge in [-0.2, -0.15) is 0 Å². The second-order valence-corrected chi connectivity index (χ2v) is 6.14. The number of esters is 1. The number of ketones is 1. The molecule has 8 nitrogen and oxygen atoms in total. The maximum Gasteiger partial charge on any atom is 0.338 e. The summed E-state index contributed by atoms with van der Waals surface area (Å²) >= 11 is 0. The molecule has 0 saturated heterocycles. The Morgan fingerprint density at radius 1 is 0.966 bits per heavy atom. The van der Waals surface area contributed by atoms with Gasteiger partial charge in [0.25, 0.3) is 11.8 Å². The lowest BCUT2D eigenvalue weighted by atomic mass is 10.1. The van der Waals surface area contributed by atoms with Crippen LogP contribution in [0.2, 0.25) is 0 Å². The van der Waals surface area contributed by atoms with Crippen LogP contribution in [0.4, 0.5) is 5.69 Å². The fourth-order valence-corrected chi connectivity index (χ4v) is 2.68. The molecule has 0 bridgehead atoms. The monoisotopic (exact) mass is 394 g/mol. The third kappa shape index (κ3) is 4.74. The van der Waals surface area contributed by atoms with Crippen molar-refractivity contribution < 1.29 is 29.0 Å². The van der Waals surface area contributed by atoms with E-state index in [2.05, 4.69) is 5.32 Å². The van der Waals surface area contributed by atoms with Crippen LogP contribution < -0.4 is 5.32 Å². The summed E-state index contributed by atoms with van der Waals surface area (Å²) in [4.78, 5) is 48.9. The highest BCUT2D eigenvalue weighted by atomic mass is 16.5. The van der Waals surface area contributed by atoms with Gasteiger partial charge in [-0.1, -0.05) is 30.3 Å². The van der Waals surface area contributed by atoms with Gasteiger partial charge in [0.05, 0.1) is 18.7 Å². The summed E-state index contributed by atoms with van der Waals surface area (Å²) in [5.41, 5.74) is 1.26. The van der Waals surface area contributed by atoms with Crippen LogP contribution in [0.25, 0.3) is 0 Å². The molecule has 29 heavy (non-hydrogen) atoms. The first-order chi connectivity index (χ1) is 14.0. The van der Waals surface area contributed by atoms with E-state index in [1.807, 2.05) is 0 Å². The van der Waals surface area contributed by atoms with Gasteiger partial charge in [0.1, 0.15) is 5.70 Å². The van der Waals surface area contributed by atoms with E-state index in [4.69, 9.17) is 9.84 Å². The number of nitrogens with zero attached hydrogens (tertiary/aromatic N) is 1. The molecular formula is C21H18N2O6. The molecule has 0 radical (unpaired) electrons. The molecule has 1 heterocycles. The number of hydrogen-bond acceptors (Lipinski definition) is 7. The van der Waals surface area contributed by atoms with Crippen LogP contribution in [-0.4, -0.2) is 53.3 Å². The number of carbonyl (C=O) groups is 4. The van der Waals surface area contributed by atoms with Crippen molar-refractivity contribution >= 4 is 29.3 Å². The summed E-state index contributed by atoms with van der Waals surface area (Å²) < 4.78 is 5.04. The molecule has 3 rings (SSSR count). The van der Waals surface area contributed by atoms with Crippen molar-refractivity contribution in [3.8, 4) is 0 Å². The Bertz CT molecular complexity index is 966. The van der Waals surface area contributed by atoms with E-state index in [9.17, 15) is 19.2 Å². The van der Waals surface area contributed by atoms with Gasteiger partial charge in [0.15, 0.2) is 12.4 Å². The zero-order valence-corrected chi connectivity index (χ0v) is 15.3. The lowest BCUT2D eigenvalue weighted by molar-refractivity contribution is -0.137. The number of Topliss-reactive ketones (excluding diaryl/α,β-unsaturated/α-hetero) is 1. The van der Waals surface area contributed by atoms with Crippen molar-refractivity contribution in [2.75, 3.05) is 25.1 Å². The molecule has 0 saturated carbocycles. The fourth-order valence-electron chi connectivity index (χ4n) is 2.68. The highest BCUT2D eigenvalue weighted by Gasteiger charge is 2.30. The number of amides is 2. The summed E-state index contributed by atoms with van der Waals surface area (Å²) in [6.07, 6.45) is 1.15. The van der Waals surface area contributed by atoms with Crippen LogP contribution in [0.1, 0.15) is 20.7 Å². The predicted molar refractivity (Wildman–Crippen MR) is 103 cm³/mol. The van der Waals surface area contributed by atoms with Crippen LogP contribution >= 0.6 is 0 Å². The molecule has 0 spiro atoms. The lowest BCUT2D eigenvalue weighted by Gasteiger charge is -2.13. The second kappa shape index (κ2) is 8.94. The normalized spacial score (nSPS) is 13.3. The van der Waals surface area contributed by atoms with Crippen molar-refractivity contribution in [1.29, 1.82) is 0 Å². The quantitative estimate of drug-likeness (QED) is 0.395. The van der Waals surface area contributed by atoms with E-state index >= 15 is 0 Å². The highest BCUT2D eigenvalue weighted by Crippen LogP contribution is 2.18. The van der Waals surface area contributed by atoms with Gasteiger partial charge in [-0.15, -0.1) is 0 Å². The molecule has 2 amide bonds. The number of benzene rings is 2. The van der Waals surface area contributed by atoms with Crippen LogP contribution in [0, 0.1) is 0 Å². The Morgan fingerprint density at radius 3 is 2.31 bits per heavy atom. The number of nitrogens with one attached hydrogen (secondary N) is 1. The molecular weight excluding hydrogens is 376 g/mol. The number of rotatable bonds is 8. The Balaban J connectivity index is 1.57. The number of imide groups is 1. The van der Waals surface area contributed by atoms with Gasteiger partial charge in [-0.25, -0.2) is 4.79 Å². The number of aliphatic hydroxyl groups excluding tert-OH is 1. The smallest absolute Gasteiger partial charge is 0.338 e. The topological polar surface area (TPSA) is 113 Å². The molecule has 148 valence electrons. The van der Waals surface area contributed by atoms with E-state index in [1.165, 1.54) is 12.1 Å². The van der Waals surface area contributed by atoms with Crippen LogP contribution in [0.5, 0.6) is 0 Å². The number of ether oxygens (including phenoxy) is 1. The maximum absolute atomic E-state index is 12.1. The molecule has 8 heteroatoms. The van der Waals surface area contributed by atoms with Crippen LogP contribution in [0.3, 0.4) is 0 Å². The summed E-state index contributed by atoms with van der Waals surface area (Å²) in [5, 5.41) is 11.7. The molecule has 0 fully saturated rings. The second-order valence-electron chi connectivity index (χ2n) is 6.14. The predicted octanol–water partition coefficient (Wildman–Crippen LogP) is 1.38. The Labute approximate surface area is 166 Å². The number of β-amino-alcohol motifs (C(OH)–C–C–N with tert-alkyl or cyclic N) is 1. The number of aliphatic hydroxyl groups is 1. The molecule has 1 aliphatic rings. The zero-order chi connectivity index (χ0) is 20.8. The lowest BCUT2D eigenvalue weighted by Crippen LogP contribution is -2.34. The van der Waals surface area contributed by atoms with E-state index in [0.717, 1.165) is 11.0 Å². The van der Waals surface area contributed by atoms with Gasteiger partial charge in [-0.05, 0) is 24.3 Å². The molecule has 0 atom stereocenters. The molecule has 0 aliphatic carbocycles. The number of carbonyl (C=O) groups excluding carboxylic acids is 4. The zero-order valence-electron chi connectivity index (χ0n) is 15.3. The van der Waals surface area contributed by atoms with Crippen molar-refractivity contribution in [1.82, 2.24) is 4.90 Å². The molecule has 2 aromatic rings. The summed E-state index contributed by atoms with van der Waals surface area (Å²) in [6, 6.07) is 14.6. The van der Waals surface area contributed by atoms with Crippen molar-refractivity contribution in [2.45, 2.75) is 0 Å². The minimum atomic E-state index is -0.652. The Morgan fingerprint density at radius 2 is 1.66 bits per heavy atom. The van der Waals surface area contributed by atoms with Gasteiger partial charge in [0, 0.05) is 17.3 Å². The SMILES string of the molecule is O=C(COC(=O)c1ccc(NC2=CC(=O)N(CCO)C2=O)cc1)c1ccccc1. The first-order valence-corrected chi connectivity index (χ1v) is 8.80. The standard InChI is InChI=1S/C21H18N2O6/c24-11-10-23-19(26)12-17(20(23)27)22-16-8-6-15(7-9-16)21(28)29-13-18(25)14-4-2-1-3-5-14/h1-9,12,22,24H,10-11,13H2. The highest BCUT2D eigenvalue weighted by molar-refractivity contribution is 6.17. The summed E-state index contributed by atoms with van der Waals surface area (Å²) in [5.74, 6) is -2.00. The third-order valence-electron chi connectivity index (χ3n) is 4.16. The first kappa shape index (κ1) is 20.0. The molecule has 0 aromatic heterocycles. The molecule has 1 aliphatic heterocycles. The Hall–Kier alpha value is -3.78. The third-order valence-corrected chi connectivity index (χ3v) is 4.16. The summed E-state index contributed by atoms with van der Waals surface area (Å²) in [6.45, 7) is -0.763. The van der Waals surface area contributed by atoms with Crippen LogP contribution in [-0.2, 0) is 14.3 Å². The van der Waals surface area contributed by atoms with Gasteiger partial charge >= 0.3 is 5.97 Å². The van der Waals surface area contributed by atoms with Crippen LogP contribution in [0.15, 0.2) is 66.4 Å². The fraction of sp³-hybridized carbons (Fsp3) is 0.143. The van der Waals surface area contributed by atoms with Gasteiger partial charge < -0.3 is 15.2 Å². The van der Waals surface area contributed by atoms with Crippen molar-refractivity contribution in [3.63, 3.8) is 0 Å². The maximum atomic E-state index is 12.1. The number of anilines is 1. The van der Waals surface area contributed by atoms with E-state index < -0.39 is 17.8 Å². The first-order valence-electron chi connectivity index (χ1n) is 8.80. The van der Waals surface area contributed by atoms with Gasteiger partial charge in [-0.3, -0.25) is 19.3 Å². The van der Waals surface area contributed by atoms with Crippen molar-refractivity contribution in [3.05, 3.63) is 77.5 Å². The summed E-state index contributed by atoms with van der Waals surface area (Å²) in [7, 11) is 0. The van der Waals surface area contributed by atoms with Crippen molar-refractivity contribution in [2.24, 2.45) is 0 Å². The molecule has 2 N–H and O–H groups in total. The number of hydrogen-bond donors (Lipinski definition) is 2. The van der Waals surface area contributed by atoms with E-state index in [0.29, 0.717) is 11.3 Å². The largest absolute Gasteiger partial charge is 0.454 e. The molecule has 0 unspecified atom stereocenters. The van der Waals surface area contributed by atoms with E-state index in [1.54, 1.807) is 42.5 Å². The van der Waals surface area contributed by atoms with E-state index in [-0.39, 0.29) is 36.8 Å².